The molecule has 0 aliphatic rings. The summed E-state index contributed by atoms with van der Waals surface area (Å²) in [5, 5.41) is 9.27. The zero-order valence-corrected chi connectivity index (χ0v) is 13.7. The molecule has 0 aliphatic carbocycles. The molecule has 0 saturated heterocycles. The molecular weight excluding hydrogens is 302 g/mol. The molecule has 0 saturated carbocycles. The Kier molecular flexibility index (Phi) is 6.16. The number of benzene rings is 2. The lowest BCUT2D eigenvalue weighted by molar-refractivity contribution is -0.139. The molecule has 0 aliphatic heterocycles. The number of nitrogens with zero attached hydrogens (tertiary/aromatic N) is 1. The lowest BCUT2D eigenvalue weighted by atomic mass is 10.1. The van der Waals surface area contributed by atoms with Gasteiger partial charge in [0.1, 0.15) is 24.0 Å². The van der Waals surface area contributed by atoms with Crippen LogP contribution in [0, 0.1) is 11.3 Å². The van der Waals surface area contributed by atoms with E-state index in [9.17, 15) is 10.1 Å². The number of para-hydroxylation sites is 1. The third-order valence-electron chi connectivity index (χ3n) is 3.13. The first-order chi connectivity index (χ1) is 11.6. The van der Waals surface area contributed by atoms with Crippen molar-refractivity contribution in [2.45, 2.75) is 26.6 Å². The van der Waals surface area contributed by atoms with E-state index < -0.39 is 5.97 Å². The zero-order chi connectivity index (χ0) is 17.4. The van der Waals surface area contributed by atoms with E-state index in [1.165, 1.54) is 6.08 Å². The van der Waals surface area contributed by atoms with Gasteiger partial charge in [-0.25, -0.2) is 4.79 Å². The molecule has 0 spiro atoms. The average molecular weight is 321 g/mol. The van der Waals surface area contributed by atoms with Gasteiger partial charge in [0.05, 0.1) is 6.10 Å². The normalized spacial score (nSPS) is 11.0. The Hall–Kier alpha value is -3.06. The number of hydrogen-bond donors (Lipinski definition) is 0. The molecule has 0 N–H and O–H groups in total. The number of ether oxygens (including phenoxy) is 2. The van der Waals surface area contributed by atoms with Crippen LogP contribution in [-0.2, 0) is 16.1 Å². The summed E-state index contributed by atoms with van der Waals surface area (Å²) in [6.07, 6.45) is 1.49. The second-order valence-electron chi connectivity index (χ2n) is 5.44. The molecule has 0 atom stereocenters. The van der Waals surface area contributed by atoms with E-state index in [1.54, 1.807) is 12.1 Å². The van der Waals surface area contributed by atoms with Crippen LogP contribution < -0.4 is 4.74 Å². The van der Waals surface area contributed by atoms with Crippen LogP contribution in [0.5, 0.6) is 5.75 Å². The number of carbonyl (C=O) groups excluding carboxylic acids is 1. The van der Waals surface area contributed by atoms with Crippen LogP contribution >= 0.6 is 0 Å². The molecule has 2 rings (SSSR count). The van der Waals surface area contributed by atoms with Crippen molar-refractivity contribution in [1.82, 2.24) is 0 Å². The second kappa shape index (κ2) is 8.54. The molecule has 24 heavy (non-hydrogen) atoms. The minimum Gasteiger partial charge on any atom is -0.490 e. The van der Waals surface area contributed by atoms with Crippen molar-refractivity contribution in [2.75, 3.05) is 0 Å². The molecule has 0 unspecified atom stereocenters. The minimum atomic E-state index is -0.652. The Morgan fingerprint density at radius 3 is 2.46 bits per heavy atom. The molecule has 0 bridgehead atoms. The van der Waals surface area contributed by atoms with Crippen molar-refractivity contribution < 1.29 is 14.3 Å². The number of esters is 1. The largest absolute Gasteiger partial charge is 0.490 e. The van der Waals surface area contributed by atoms with Crippen LogP contribution in [0.15, 0.2) is 60.2 Å². The van der Waals surface area contributed by atoms with Crippen molar-refractivity contribution in [3.8, 4) is 11.8 Å². The molecule has 4 nitrogen and oxygen atoms in total. The van der Waals surface area contributed by atoms with Gasteiger partial charge in [0, 0.05) is 5.56 Å². The van der Waals surface area contributed by atoms with Crippen LogP contribution in [0.25, 0.3) is 6.08 Å². The summed E-state index contributed by atoms with van der Waals surface area (Å²) in [5.74, 6) is -0.0307. The Labute approximate surface area is 141 Å². The van der Waals surface area contributed by atoms with Gasteiger partial charge < -0.3 is 9.47 Å². The molecule has 0 radical (unpaired) electrons. The average Bonchev–Trinajstić information content (AvgIpc) is 2.59. The van der Waals surface area contributed by atoms with E-state index in [4.69, 9.17) is 9.47 Å². The number of rotatable bonds is 6. The molecule has 122 valence electrons. The molecule has 0 aromatic heterocycles. The molecule has 2 aromatic rings. The fourth-order valence-corrected chi connectivity index (χ4v) is 2.05. The molecule has 2 aromatic carbocycles. The third-order valence-corrected chi connectivity index (χ3v) is 3.13. The van der Waals surface area contributed by atoms with Crippen molar-refractivity contribution in [3.63, 3.8) is 0 Å². The fraction of sp³-hybridized carbons (Fsp3) is 0.200. The van der Waals surface area contributed by atoms with Crippen LogP contribution in [0.3, 0.4) is 0 Å². The summed E-state index contributed by atoms with van der Waals surface area (Å²) in [5.41, 5.74) is 1.47. The first-order valence-corrected chi connectivity index (χ1v) is 7.68. The van der Waals surface area contributed by atoms with E-state index in [2.05, 4.69) is 0 Å². The highest BCUT2D eigenvalue weighted by atomic mass is 16.5. The molecular formula is C20H19NO3. The predicted octanol–water partition coefficient (Wildman–Crippen LogP) is 4.12. The van der Waals surface area contributed by atoms with Gasteiger partial charge in [0.25, 0.3) is 0 Å². The van der Waals surface area contributed by atoms with Gasteiger partial charge in [-0.3, -0.25) is 0 Å². The van der Waals surface area contributed by atoms with E-state index in [-0.39, 0.29) is 18.3 Å². The first kappa shape index (κ1) is 17.3. The minimum absolute atomic E-state index is 0.00452. The number of hydrogen-bond acceptors (Lipinski definition) is 4. The predicted molar refractivity (Wildman–Crippen MR) is 92.0 cm³/mol. The van der Waals surface area contributed by atoms with Crippen LogP contribution in [0.4, 0.5) is 0 Å². The quantitative estimate of drug-likeness (QED) is 0.456. The highest BCUT2D eigenvalue weighted by Crippen LogP contribution is 2.22. The van der Waals surface area contributed by atoms with Gasteiger partial charge >= 0.3 is 5.97 Å². The summed E-state index contributed by atoms with van der Waals surface area (Å²) in [6, 6.07) is 18.5. The molecule has 0 heterocycles. The third kappa shape index (κ3) is 4.99. The summed E-state index contributed by atoms with van der Waals surface area (Å²) < 4.78 is 10.9. The van der Waals surface area contributed by atoms with Crippen molar-refractivity contribution in [3.05, 3.63) is 71.3 Å². The van der Waals surface area contributed by atoms with Crippen molar-refractivity contribution in [2.24, 2.45) is 0 Å². The first-order valence-electron chi connectivity index (χ1n) is 7.68. The van der Waals surface area contributed by atoms with Gasteiger partial charge in [-0.15, -0.1) is 0 Å². The van der Waals surface area contributed by atoms with Gasteiger partial charge in [-0.1, -0.05) is 48.5 Å². The Bertz CT molecular complexity index is 758. The van der Waals surface area contributed by atoms with E-state index in [0.29, 0.717) is 11.3 Å². The Balaban J connectivity index is 2.14. The topological polar surface area (TPSA) is 59.3 Å². The van der Waals surface area contributed by atoms with Gasteiger partial charge in [-0.05, 0) is 31.6 Å². The zero-order valence-electron chi connectivity index (χ0n) is 13.7. The highest BCUT2D eigenvalue weighted by molar-refractivity contribution is 5.98. The maximum atomic E-state index is 12.1. The molecule has 0 amide bonds. The molecule has 4 heteroatoms. The van der Waals surface area contributed by atoms with Crippen LogP contribution in [0.1, 0.15) is 25.0 Å². The summed E-state index contributed by atoms with van der Waals surface area (Å²) >= 11 is 0. The number of nitriles is 1. The van der Waals surface area contributed by atoms with Crippen molar-refractivity contribution in [1.29, 1.82) is 5.26 Å². The van der Waals surface area contributed by atoms with Crippen LogP contribution in [0.2, 0.25) is 0 Å². The van der Waals surface area contributed by atoms with Gasteiger partial charge in [-0.2, -0.15) is 5.26 Å². The second-order valence-corrected chi connectivity index (χ2v) is 5.44. The fourth-order valence-electron chi connectivity index (χ4n) is 2.05. The highest BCUT2D eigenvalue weighted by Gasteiger charge is 2.13. The summed E-state index contributed by atoms with van der Waals surface area (Å²) in [6.45, 7) is 3.96. The Morgan fingerprint density at radius 2 is 1.79 bits per heavy atom. The van der Waals surface area contributed by atoms with E-state index in [1.807, 2.05) is 62.4 Å². The maximum Gasteiger partial charge on any atom is 0.349 e. The van der Waals surface area contributed by atoms with Gasteiger partial charge in [0.2, 0.25) is 0 Å². The number of carbonyl (C=O) groups is 1. The summed E-state index contributed by atoms with van der Waals surface area (Å²) in [4.78, 5) is 12.1. The standard InChI is InChI=1S/C20H19NO3/c1-15(2)24-19-11-7-6-10-17(19)12-18(13-21)20(22)23-14-16-8-4-3-5-9-16/h3-12,15H,14H2,1-2H3/b18-12+. The Morgan fingerprint density at radius 1 is 1.12 bits per heavy atom. The molecule has 0 fully saturated rings. The lowest BCUT2D eigenvalue weighted by Gasteiger charge is -2.12. The summed E-state index contributed by atoms with van der Waals surface area (Å²) in [7, 11) is 0. The van der Waals surface area contributed by atoms with Crippen molar-refractivity contribution >= 4 is 12.0 Å². The SMILES string of the molecule is CC(C)Oc1ccccc1/C=C(\C#N)C(=O)OCc1ccccc1. The van der Waals surface area contributed by atoms with E-state index >= 15 is 0 Å². The smallest absolute Gasteiger partial charge is 0.349 e. The van der Waals surface area contributed by atoms with Gasteiger partial charge in [0.15, 0.2) is 0 Å². The monoisotopic (exact) mass is 321 g/mol. The lowest BCUT2D eigenvalue weighted by Crippen LogP contribution is -2.08. The van der Waals surface area contributed by atoms with E-state index in [0.717, 1.165) is 5.56 Å². The maximum absolute atomic E-state index is 12.1. The van der Waals surface area contributed by atoms with Crippen LogP contribution in [-0.4, -0.2) is 12.1 Å².